The number of nitrogens with one attached hydrogen (secondary N) is 1. The standard InChI is InChI=1S/C17H19N/c1-12-10-17(18-2)16-11-14(8-9-15(12)16)13-6-4-3-5-7-13/h3-9,11-12,17-18H,10H2,1-2H3. The molecule has 0 bridgehead atoms. The van der Waals surface area contributed by atoms with Crippen LogP contribution in [0.3, 0.4) is 0 Å². The van der Waals surface area contributed by atoms with Gasteiger partial charge < -0.3 is 5.32 Å². The van der Waals surface area contributed by atoms with Gasteiger partial charge in [-0.05, 0) is 47.7 Å². The van der Waals surface area contributed by atoms with E-state index in [1.54, 1.807) is 0 Å². The van der Waals surface area contributed by atoms with Crippen LogP contribution in [-0.4, -0.2) is 7.05 Å². The third-order valence-electron chi connectivity index (χ3n) is 4.04. The van der Waals surface area contributed by atoms with Gasteiger partial charge in [-0.2, -0.15) is 0 Å². The fourth-order valence-corrected chi connectivity index (χ4v) is 3.02. The summed E-state index contributed by atoms with van der Waals surface area (Å²) >= 11 is 0. The van der Waals surface area contributed by atoms with Crippen molar-refractivity contribution < 1.29 is 0 Å². The van der Waals surface area contributed by atoms with Crippen molar-refractivity contribution in [3.63, 3.8) is 0 Å². The van der Waals surface area contributed by atoms with Gasteiger partial charge in [-0.25, -0.2) is 0 Å². The molecular formula is C17H19N. The van der Waals surface area contributed by atoms with Crippen molar-refractivity contribution in [2.75, 3.05) is 7.05 Å². The summed E-state index contributed by atoms with van der Waals surface area (Å²) in [7, 11) is 2.06. The van der Waals surface area contributed by atoms with Crippen molar-refractivity contribution in [3.05, 3.63) is 59.7 Å². The lowest BCUT2D eigenvalue weighted by molar-refractivity contribution is 0.553. The lowest BCUT2D eigenvalue weighted by atomic mass is 9.98. The van der Waals surface area contributed by atoms with E-state index < -0.39 is 0 Å². The van der Waals surface area contributed by atoms with Crippen molar-refractivity contribution in [1.82, 2.24) is 5.32 Å². The van der Waals surface area contributed by atoms with E-state index >= 15 is 0 Å². The van der Waals surface area contributed by atoms with Crippen molar-refractivity contribution in [2.45, 2.75) is 25.3 Å². The van der Waals surface area contributed by atoms with E-state index in [-0.39, 0.29) is 0 Å². The number of hydrogen-bond acceptors (Lipinski definition) is 1. The summed E-state index contributed by atoms with van der Waals surface area (Å²) in [5.41, 5.74) is 5.61. The lowest BCUT2D eigenvalue weighted by Gasteiger charge is -2.11. The maximum absolute atomic E-state index is 3.43. The molecule has 0 aliphatic heterocycles. The first kappa shape index (κ1) is 11.5. The maximum Gasteiger partial charge on any atom is 0.0326 e. The Kier molecular flexibility index (Phi) is 2.92. The molecule has 92 valence electrons. The Morgan fingerprint density at radius 2 is 1.72 bits per heavy atom. The molecule has 2 aromatic rings. The van der Waals surface area contributed by atoms with Crippen LogP contribution in [0.2, 0.25) is 0 Å². The number of rotatable bonds is 2. The molecule has 1 aliphatic rings. The van der Waals surface area contributed by atoms with Crippen molar-refractivity contribution in [1.29, 1.82) is 0 Å². The van der Waals surface area contributed by atoms with Gasteiger partial charge in [-0.3, -0.25) is 0 Å². The summed E-state index contributed by atoms with van der Waals surface area (Å²) in [6.07, 6.45) is 1.21. The molecule has 0 saturated heterocycles. The summed E-state index contributed by atoms with van der Waals surface area (Å²) in [6, 6.07) is 18.0. The molecular weight excluding hydrogens is 218 g/mol. The quantitative estimate of drug-likeness (QED) is 0.828. The SMILES string of the molecule is CNC1CC(C)c2ccc(-c3ccccc3)cc21. The minimum atomic E-state index is 0.513. The van der Waals surface area contributed by atoms with Crippen LogP contribution in [0.25, 0.3) is 11.1 Å². The van der Waals surface area contributed by atoms with Crippen LogP contribution in [-0.2, 0) is 0 Å². The van der Waals surface area contributed by atoms with Crippen LogP contribution in [0.1, 0.15) is 36.4 Å². The van der Waals surface area contributed by atoms with Crippen LogP contribution >= 0.6 is 0 Å². The predicted molar refractivity (Wildman–Crippen MR) is 76.7 cm³/mol. The first-order valence-corrected chi connectivity index (χ1v) is 6.66. The second kappa shape index (κ2) is 4.58. The summed E-state index contributed by atoms with van der Waals surface area (Å²) in [6.45, 7) is 2.32. The first-order chi connectivity index (χ1) is 8.79. The molecule has 2 atom stereocenters. The van der Waals surface area contributed by atoms with Crippen LogP contribution < -0.4 is 5.32 Å². The predicted octanol–water partition coefficient (Wildman–Crippen LogP) is 4.12. The summed E-state index contributed by atoms with van der Waals surface area (Å²) in [4.78, 5) is 0. The Labute approximate surface area is 109 Å². The van der Waals surface area contributed by atoms with E-state index in [1.807, 2.05) is 0 Å². The molecule has 1 N–H and O–H groups in total. The molecule has 2 aromatic carbocycles. The molecule has 1 nitrogen and oxygen atoms in total. The van der Waals surface area contributed by atoms with E-state index in [4.69, 9.17) is 0 Å². The fourth-order valence-electron chi connectivity index (χ4n) is 3.02. The Morgan fingerprint density at radius 1 is 0.944 bits per heavy atom. The highest BCUT2D eigenvalue weighted by atomic mass is 14.9. The molecule has 1 heteroatoms. The van der Waals surface area contributed by atoms with E-state index in [1.165, 1.54) is 28.7 Å². The van der Waals surface area contributed by atoms with Crippen molar-refractivity contribution in [2.24, 2.45) is 0 Å². The molecule has 0 fully saturated rings. The van der Waals surface area contributed by atoms with Gasteiger partial charge in [-0.1, -0.05) is 49.4 Å². The largest absolute Gasteiger partial charge is 0.313 e. The molecule has 0 radical (unpaired) electrons. The highest BCUT2D eigenvalue weighted by Crippen LogP contribution is 2.41. The van der Waals surface area contributed by atoms with E-state index in [9.17, 15) is 0 Å². The zero-order valence-electron chi connectivity index (χ0n) is 11.0. The second-order valence-corrected chi connectivity index (χ2v) is 5.19. The molecule has 0 amide bonds. The van der Waals surface area contributed by atoms with Crippen LogP contribution in [0.4, 0.5) is 0 Å². The second-order valence-electron chi connectivity index (χ2n) is 5.19. The number of hydrogen-bond donors (Lipinski definition) is 1. The van der Waals surface area contributed by atoms with Gasteiger partial charge in [0, 0.05) is 6.04 Å². The Hall–Kier alpha value is -1.60. The molecule has 0 heterocycles. The minimum absolute atomic E-state index is 0.513. The van der Waals surface area contributed by atoms with E-state index in [2.05, 4.69) is 67.8 Å². The van der Waals surface area contributed by atoms with Gasteiger partial charge in [0.25, 0.3) is 0 Å². The monoisotopic (exact) mass is 237 g/mol. The van der Waals surface area contributed by atoms with Gasteiger partial charge in [0.05, 0.1) is 0 Å². The molecule has 0 aromatic heterocycles. The molecule has 0 spiro atoms. The molecule has 18 heavy (non-hydrogen) atoms. The van der Waals surface area contributed by atoms with Crippen LogP contribution in [0.5, 0.6) is 0 Å². The Morgan fingerprint density at radius 3 is 2.44 bits per heavy atom. The topological polar surface area (TPSA) is 12.0 Å². The molecule has 0 saturated carbocycles. The summed E-state index contributed by atoms with van der Waals surface area (Å²) < 4.78 is 0. The number of fused-ring (bicyclic) bond motifs is 1. The highest BCUT2D eigenvalue weighted by molar-refractivity contribution is 5.65. The molecule has 3 rings (SSSR count). The van der Waals surface area contributed by atoms with Crippen LogP contribution in [0, 0.1) is 0 Å². The van der Waals surface area contributed by atoms with Gasteiger partial charge in [-0.15, -0.1) is 0 Å². The summed E-state index contributed by atoms with van der Waals surface area (Å²) in [5, 5.41) is 3.43. The normalized spacial score (nSPS) is 21.9. The summed E-state index contributed by atoms with van der Waals surface area (Å²) in [5.74, 6) is 0.669. The lowest BCUT2D eigenvalue weighted by Crippen LogP contribution is -2.12. The molecule has 2 unspecified atom stereocenters. The third kappa shape index (κ3) is 1.85. The van der Waals surface area contributed by atoms with E-state index in [0.29, 0.717) is 12.0 Å². The zero-order chi connectivity index (χ0) is 12.5. The van der Waals surface area contributed by atoms with Gasteiger partial charge >= 0.3 is 0 Å². The zero-order valence-corrected chi connectivity index (χ0v) is 11.0. The van der Waals surface area contributed by atoms with Gasteiger partial charge in [0.2, 0.25) is 0 Å². The Bertz CT molecular complexity index is 545. The fraction of sp³-hybridized carbons (Fsp3) is 0.294. The smallest absolute Gasteiger partial charge is 0.0326 e. The van der Waals surface area contributed by atoms with Crippen molar-refractivity contribution in [3.8, 4) is 11.1 Å². The van der Waals surface area contributed by atoms with Crippen molar-refractivity contribution >= 4 is 0 Å². The first-order valence-electron chi connectivity index (χ1n) is 6.66. The van der Waals surface area contributed by atoms with E-state index in [0.717, 1.165) is 0 Å². The maximum atomic E-state index is 3.43. The minimum Gasteiger partial charge on any atom is -0.313 e. The van der Waals surface area contributed by atoms with Gasteiger partial charge in [0.15, 0.2) is 0 Å². The molecule has 1 aliphatic carbocycles. The van der Waals surface area contributed by atoms with Gasteiger partial charge in [0.1, 0.15) is 0 Å². The number of benzene rings is 2. The average Bonchev–Trinajstić information content (AvgIpc) is 2.76. The average molecular weight is 237 g/mol. The third-order valence-corrected chi connectivity index (χ3v) is 4.04. The highest BCUT2D eigenvalue weighted by Gasteiger charge is 2.27. The Balaban J connectivity index is 2.06. The van der Waals surface area contributed by atoms with Crippen LogP contribution in [0.15, 0.2) is 48.5 Å².